The number of phenols is 3. The van der Waals surface area contributed by atoms with Crippen LogP contribution in [0.15, 0.2) is 78.9 Å². The van der Waals surface area contributed by atoms with E-state index in [0.717, 1.165) is 22.3 Å². The fourth-order valence-electron chi connectivity index (χ4n) is 4.10. The molecular weight excluding hydrogens is 416 g/mol. The average molecular weight is 440 g/mol. The third-order valence-corrected chi connectivity index (χ3v) is 5.82. The van der Waals surface area contributed by atoms with Crippen molar-refractivity contribution in [3.8, 4) is 40.2 Å². The molecule has 0 spiro atoms. The number of fused-ring (bicyclic) bond motifs is 7. The van der Waals surface area contributed by atoms with Gasteiger partial charge in [0.15, 0.2) is 23.0 Å². The third-order valence-electron chi connectivity index (χ3n) is 5.82. The Morgan fingerprint density at radius 1 is 0.545 bits per heavy atom. The van der Waals surface area contributed by atoms with Gasteiger partial charge in [0.1, 0.15) is 11.5 Å². The number of hydrogen-bond acceptors (Lipinski definition) is 5. The van der Waals surface area contributed by atoms with Gasteiger partial charge in [0.2, 0.25) is 5.75 Å². The molecule has 3 N–H and O–H groups in total. The van der Waals surface area contributed by atoms with E-state index in [1.807, 2.05) is 60.7 Å². The summed E-state index contributed by atoms with van der Waals surface area (Å²) in [5, 5.41) is 31.1. The topological polar surface area (TPSA) is 79.2 Å². The normalized spacial score (nSPS) is 13.2. The molecule has 5 heteroatoms. The van der Waals surface area contributed by atoms with Crippen molar-refractivity contribution in [1.82, 2.24) is 0 Å². The van der Waals surface area contributed by atoms with E-state index in [-0.39, 0.29) is 23.0 Å². The van der Waals surface area contributed by atoms with Crippen LogP contribution in [0.2, 0.25) is 0 Å². The highest BCUT2D eigenvalue weighted by molar-refractivity contribution is 5.54. The molecule has 0 saturated heterocycles. The number of phenolic OH excluding ortho intramolecular Hbond substituents is 3. The highest BCUT2D eigenvalue weighted by atomic mass is 16.5. The predicted molar refractivity (Wildman–Crippen MR) is 126 cm³/mol. The summed E-state index contributed by atoms with van der Waals surface area (Å²) in [4.78, 5) is 0. The third kappa shape index (κ3) is 4.58. The van der Waals surface area contributed by atoms with E-state index in [2.05, 4.69) is 0 Å². The van der Waals surface area contributed by atoms with E-state index in [9.17, 15) is 15.3 Å². The van der Waals surface area contributed by atoms with Crippen LogP contribution in [0.1, 0.15) is 22.3 Å². The smallest absolute Gasteiger partial charge is 0.201 e. The zero-order chi connectivity index (χ0) is 22.8. The lowest BCUT2D eigenvalue weighted by molar-refractivity contribution is 0.372. The largest absolute Gasteiger partial charge is 0.504 e. The van der Waals surface area contributed by atoms with Gasteiger partial charge in [0.25, 0.3) is 0 Å². The van der Waals surface area contributed by atoms with Crippen molar-refractivity contribution in [2.45, 2.75) is 25.7 Å². The predicted octanol–water partition coefficient (Wildman–Crippen LogP) is 6.27. The lowest BCUT2D eigenvalue weighted by Crippen LogP contribution is -1.97. The molecular formula is C28H24O5. The minimum absolute atomic E-state index is 0.106. The van der Waals surface area contributed by atoms with Crippen LogP contribution in [0.5, 0.6) is 40.2 Å². The lowest BCUT2D eigenvalue weighted by Gasteiger charge is -2.14. The van der Waals surface area contributed by atoms with Crippen molar-refractivity contribution >= 4 is 0 Å². The van der Waals surface area contributed by atoms with Crippen LogP contribution in [0.25, 0.3) is 0 Å². The molecule has 6 bridgehead atoms. The number of para-hydroxylation sites is 1. The molecule has 5 nitrogen and oxygen atoms in total. The van der Waals surface area contributed by atoms with Gasteiger partial charge in [-0.2, -0.15) is 0 Å². The highest BCUT2D eigenvalue weighted by Gasteiger charge is 2.15. The molecule has 0 saturated carbocycles. The van der Waals surface area contributed by atoms with E-state index in [1.165, 1.54) is 0 Å². The maximum atomic E-state index is 10.5. The van der Waals surface area contributed by atoms with Crippen molar-refractivity contribution in [2.75, 3.05) is 0 Å². The molecule has 0 fully saturated rings. The minimum Gasteiger partial charge on any atom is -0.504 e. The Bertz CT molecular complexity index is 1310. The van der Waals surface area contributed by atoms with Crippen LogP contribution in [0, 0.1) is 0 Å². The Kier molecular flexibility index (Phi) is 5.53. The molecule has 0 amide bonds. The molecule has 5 rings (SSSR count). The fourth-order valence-corrected chi connectivity index (χ4v) is 4.10. The van der Waals surface area contributed by atoms with Gasteiger partial charge in [-0.05, 0) is 90.4 Å². The first-order valence-corrected chi connectivity index (χ1v) is 10.9. The zero-order valence-electron chi connectivity index (χ0n) is 18.0. The summed E-state index contributed by atoms with van der Waals surface area (Å²) in [6.07, 6.45) is 2.70. The van der Waals surface area contributed by atoms with Gasteiger partial charge in [0, 0.05) is 0 Å². The van der Waals surface area contributed by atoms with E-state index in [1.54, 1.807) is 18.2 Å². The summed E-state index contributed by atoms with van der Waals surface area (Å²) in [7, 11) is 0. The van der Waals surface area contributed by atoms with Crippen LogP contribution >= 0.6 is 0 Å². The highest BCUT2D eigenvalue weighted by Crippen LogP contribution is 2.40. The summed E-state index contributed by atoms with van der Waals surface area (Å²) < 4.78 is 12.1. The molecule has 1 aliphatic rings. The second-order valence-electron chi connectivity index (χ2n) is 8.23. The molecule has 1 aliphatic heterocycles. The molecule has 33 heavy (non-hydrogen) atoms. The first-order chi connectivity index (χ1) is 16.0. The second-order valence-corrected chi connectivity index (χ2v) is 8.23. The number of aryl methyl sites for hydroxylation is 4. The molecule has 4 aromatic carbocycles. The van der Waals surface area contributed by atoms with Crippen LogP contribution in [0.4, 0.5) is 0 Å². The Morgan fingerprint density at radius 2 is 1.18 bits per heavy atom. The minimum atomic E-state index is -0.276. The number of benzene rings is 4. The monoisotopic (exact) mass is 440 g/mol. The van der Waals surface area contributed by atoms with E-state index < -0.39 is 0 Å². The van der Waals surface area contributed by atoms with Gasteiger partial charge in [-0.15, -0.1) is 0 Å². The lowest BCUT2D eigenvalue weighted by atomic mass is 10.0. The van der Waals surface area contributed by atoms with Crippen molar-refractivity contribution in [3.05, 3.63) is 101 Å². The molecule has 166 valence electrons. The number of aromatic hydroxyl groups is 3. The van der Waals surface area contributed by atoms with Gasteiger partial charge < -0.3 is 24.8 Å². The Hall–Kier alpha value is -4.12. The van der Waals surface area contributed by atoms with Crippen LogP contribution < -0.4 is 9.47 Å². The summed E-state index contributed by atoms with van der Waals surface area (Å²) in [6, 6.07) is 24.1. The quantitative estimate of drug-likeness (QED) is 0.281. The SMILES string of the molecule is Oc1cc2cc(c1O)Oc1cccc(c1)CCc1cccc(O)c1Oc1cccc(c1)CC2. The molecule has 0 aromatic heterocycles. The van der Waals surface area contributed by atoms with Crippen molar-refractivity contribution in [2.24, 2.45) is 0 Å². The second kappa shape index (κ2) is 8.79. The average Bonchev–Trinajstić information content (AvgIpc) is 2.81. The van der Waals surface area contributed by atoms with Crippen LogP contribution in [-0.2, 0) is 25.7 Å². The first kappa shape index (κ1) is 20.8. The van der Waals surface area contributed by atoms with Gasteiger partial charge in [0.05, 0.1) is 0 Å². The Morgan fingerprint density at radius 3 is 1.94 bits per heavy atom. The van der Waals surface area contributed by atoms with Crippen LogP contribution in [-0.4, -0.2) is 15.3 Å². The summed E-state index contributed by atoms with van der Waals surface area (Å²) in [5.41, 5.74) is 3.84. The van der Waals surface area contributed by atoms with Crippen LogP contribution in [0.3, 0.4) is 0 Å². The molecule has 0 unspecified atom stereocenters. The molecule has 1 heterocycles. The van der Waals surface area contributed by atoms with Gasteiger partial charge in [-0.25, -0.2) is 0 Å². The van der Waals surface area contributed by atoms with E-state index >= 15 is 0 Å². The van der Waals surface area contributed by atoms with Crippen molar-refractivity contribution in [3.63, 3.8) is 0 Å². The zero-order valence-corrected chi connectivity index (χ0v) is 18.0. The maximum absolute atomic E-state index is 10.5. The van der Waals surface area contributed by atoms with Gasteiger partial charge in [-0.3, -0.25) is 0 Å². The number of ether oxygens (including phenoxy) is 2. The maximum Gasteiger partial charge on any atom is 0.201 e. The molecule has 0 radical (unpaired) electrons. The molecule has 0 atom stereocenters. The van der Waals surface area contributed by atoms with Gasteiger partial charge in [-0.1, -0.05) is 36.4 Å². The summed E-state index contributed by atoms with van der Waals surface area (Å²) >= 11 is 0. The Balaban J connectivity index is 1.58. The Labute approximate surface area is 192 Å². The fraction of sp³-hybridized carbons (Fsp3) is 0.143. The molecule has 4 aromatic rings. The van der Waals surface area contributed by atoms with E-state index in [4.69, 9.17) is 9.47 Å². The summed E-state index contributed by atoms with van der Waals surface area (Å²) in [5.74, 6) is 1.53. The van der Waals surface area contributed by atoms with Crippen molar-refractivity contribution in [1.29, 1.82) is 0 Å². The number of hydrogen-bond donors (Lipinski definition) is 3. The number of rotatable bonds is 0. The first-order valence-electron chi connectivity index (χ1n) is 10.9. The molecule has 0 aliphatic carbocycles. The van der Waals surface area contributed by atoms with Crippen molar-refractivity contribution < 1.29 is 24.8 Å². The van der Waals surface area contributed by atoms with E-state index in [0.29, 0.717) is 42.9 Å². The summed E-state index contributed by atoms with van der Waals surface area (Å²) in [6.45, 7) is 0. The van der Waals surface area contributed by atoms with Gasteiger partial charge >= 0.3 is 0 Å². The standard InChI is InChI=1S/C28H24O5/c29-24-9-3-6-21-13-12-19-5-1-7-22(14-19)32-26-17-20(16-25(30)27(26)31)11-10-18-4-2-8-23(15-18)33-28(21)24/h1-9,14-17,29-31H,10-13H2.